The Morgan fingerprint density at radius 1 is 1.27 bits per heavy atom. The van der Waals surface area contributed by atoms with Gasteiger partial charge in [-0.05, 0) is 38.2 Å². The van der Waals surface area contributed by atoms with Crippen LogP contribution in [0.4, 0.5) is 6.01 Å². The summed E-state index contributed by atoms with van der Waals surface area (Å²) in [7, 11) is 0. The fourth-order valence-corrected chi connectivity index (χ4v) is 3.10. The van der Waals surface area contributed by atoms with Gasteiger partial charge in [0.25, 0.3) is 0 Å². The van der Waals surface area contributed by atoms with Gasteiger partial charge >= 0.3 is 6.01 Å². The standard InChI is InChI=1S/C16H21N3O3/c1-2-14(20)19-9-7-11(8-10-19)15(21)18-16-17-12-5-3-4-6-13(12)22-16/h2,11H,1,3-10H2,(H,17,18,21). The molecule has 2 amide bonds. The Hall–Kier alpha value is -2.11. The first-order valence-corrected chi connectivity index (χ1v) is 7.88. The number of anilines is 1. The van der Waals surface area contributed by atoms with Gasteiger partial charge < -0.3 is 9.32 Å². The van der Waals surface area contributed by atoms with Gasteiger partial charge in [0.15, 0.2) is 0 Å². The van der Waals surface area contributed by atoms with Crippen LogP contribution in [0.2, 0.25) is 0 Å². The second-order valence-corrected chi connectivity index (χ2v) is 5.89. The molecule has 3 rings (SSSR count). The maximum atomic E-state index is 12.3. The number of hydrogen-bond acceptors (Lipinski definition) is 4. The number of rotatable bonds is 3. The average Bonchev–Trinajstić information content (AvgIpc) is 2.96. The number of piperidine rings is 1. The molecule has 22 heavy (non-hydrogen) atoms. The Labute approximate surface area is 129 Å². The monoisotopic (exact) mass is 303 g/mol. The summed E-state index contributed by atoms with van der Waals surface area (Å²) in [4.78, 5) is 29.9. The topological polar surface area (TPSA) is 75.4 Å². The molecule has 6 heteroatoms. The number of likely N-dealkylation sites (tertiary alicyclic amines) is 1. The molecule has 2 aliphatic rings. The first-order valence-electron chi connectivity index (χ1n) is 7.88. The summed E-state index contributed by atoms with van der Waals surface area (Å²) in [6.07, 6.45) is 6.71. The number of aromatic nitrogens is 1. The van der Waals surface area contributed by atoms with Gasteiger partial charge in [-0.25, -0.2) is 0 Å². The second kappa shape index (κ2) is 6.34. The number of aryl methyl sites for hydroxylation is 2. The molecule has 1 aliphatic carbocycles. The van der Waals surface area contributed by atoms with Crippen LogP contribution in [0.1, 0.15) is 37.1 Å². The molecular weight excluding hydrogens is 282 g/mol. The van der Waals surface area contributed by atoms with Gasteiger partial charge in [0.05, 0.1) is 5.69 Å². The van der Waals surface area contributed by atoms with Crippen LogP contribution in [-0.4, -0.2) is 34.8 Å². The number of carbonyl (C=O) groups excluding carboxylic acids is 2. The van der Waals surface area contributed by atoms with Gasteiger partial charge in [-0.3, -0.25) is 14.9 Å². The summed E-state index contributed by atoms with van der Waals surface area (Å²) in [5, 5.41) is 2.79. The third kappa shape index (κ3) is 3.05. The number of hydrogen-bond donors (Lipinski definition) is 1. The minimum Gasteiger partial charge on any atom is -0.428 e. The lowest BCUT2D eigenvalue weighted by molar-refractivity contribution is -0.130. The van der Waals surface area contributed by atoms with Crippen LogP contribution in [0.25, 0.3) is 0 Å². The van der Waals surface area contributed by atoms with E-state index in [4.69, 9.17) is 4.42 Å². The van der Waals surface area contributed by atoms with Crippen molar-refractivity contribution in [2.75, 3.05) is 18.4 Å². The number of oxazole rings is 1. The van der Waals surface area contributed by atoms with E-state index in [1.165, 1.54) is 6.08 Å². The van der Waals surface area contributed by atoms with E-state index >= 15 is 0 Å². The summed E-state index contributed by atoms with van der Waals surface area (Å²) >= 11 is 0. The normalized spacial score (nSPS) is 18.6. The Bertz CT molecular complexity index is 562. The molecule has 0 aromatic carbocycles. The zero-order chi connectivity index (χ0) is 15.5. The SMILES string of the molecule is C=CC(=O)N1CCC(C(=O)Nc2nc3c(o2)CCCC3)CC1. The van der Waals surface area contributed by atoms with Gasteiger partial charge in [-0.15, -0.1) is 0 Å². The van der Waals surface area contributed by atoms with Crippen LogP contribution < -0.4 is 5.32 Å². The summed E-state index contributed by atoms with van der Waals surface area (Å²) in [6, 6.07) is 0.321. The van der Waals surface area contributed by atoms with Crippen molar-refractivity contribution in [1.82, 2.24) is 9.88 Å². The number of nitrogens with one attached hydrogen (secondary N) is 1. The van der Waals surface area contributed by atoms with E-state index in [0.29, 0.717) is 31.9 Å². The minimum atomic E-state index is -0.0993. The lowest BCUT2D eigenvalue weighted by Crippen LogP contribution is -2.40. The molecular formula is C16H21N3O3. The van der Waals surface area contributed by atoms with E-state index < -0.39 is 0 Å². The fraction of sp³-hybridized carbons (Fsp3) is 0.562. The zero-order valence-corrected chi connectivity index (χ0v) is 12.6. The van der Waals surface area contributed by atoms with Crippen molar-refractivity contribution in [3.05, 3.63) is 24.1 Å². The van der Waals surface area contributed by atoms with E-state index in [1.54, 1.807) is 4.90 Å². The van der Waals surface area contributed by atoms with Crippen LogP contribution >= 0.6 is 0 Å². The molecule has 0 radical (unpaired) electrons. The summed E-state index contributed by atoms with van der Waals surface area (Å²) < 4.78 is 5.62. The number of amides is 2. The average molecular weight is 303 g/mol. The Morgan fingerprint density at radius 2 is 2.00 bits per heavy atom. The van der Waals surface area contributed by atoms with Gasteiger partial charge in [0.2, 0.25) is 11.8 Å². The van der Waals surface area contributed by atoms with Crippen LogP contribution in [0.5, 0.6) is 0 Å². The molecule has 6 nitrogen and oxygen atoms in total. The third-order valence-corrected chi connectivity index (χ3v) is 4.43. The first-order chi connectivity index (χ1) is 10.7. The fourth-order valence-electron chi connectivity index (χ4n) is 3.10. The van der Waals surface area contributed by atoms with Crippen molar-refractivity contribution in [3.63, 3.8) is 0 Å². The van der Waals surface area contributed by atoms with Crippen LogP contribution in [0.3, 0.4) is 0 Å². The van der Waals surface area contributed by atoms with Crippen molar-refractivity contribution in [2.45, 2.75) is 38.5 Å². The highest BCUT2D eigenvalue weighted by Crippen LogP contribution is 2.25. The third-order valence-electron chi connectivity index (χ3n) is 4.43. The predicted molar refractivity (Wildman–Crippen MR) is 81.3 cm³/mol. The molecule has 1 fully saturated rings. The lowest BCUT2D eigenvalue weighted by Gasteiger charge is -2.30. The molecule has 0 unspecified atom stereocenters. The Balaban J connectivity index is 1.55. The van der Waals surface area contributed by atoms with Crippen molar-refractivity contribution in [1.29, 1.82) is 0 Å². The Morgan fingerprint density at radius 3 is 2.68 bits per heavy atom. The molecule has 1 N–H and O–H groups in total. The van der Waals surface area contributed by atoms with Gasteiger partial charge in [0, 0.05) is 25.4 Å². The van der Waals surface area contributed by atoms with Gasteiger partial charge in [-0.2, -0.15) is 4.98 Å². The van der Waals surface area contributed by atoms with E-state index in [1.807, 2.05) is 0 Å². The van der Waals surface area contributed by atoms with Gasteiger partial charge in [0.1, 0.15) is 5.76 Å². The maximum Gasteiger partial charge on any atom is 0.301 e. The maximum absolute atomic E-state index is 12.3. The van der Waals surface area contributed by atoms with E-state index in [2.05, 4.69) is 16.9 Å². The highest BCUT2D eigenvalue weighted by molar-refractivity contribution is 5.91. The largest absolute Gasteiger partial charge is 0.428 e. The minimum absolute atomic E-state index is 0.0655. The number of nitrogens with zero attached hydrogens (tertiary/aromatic N) is 2. The van der Waals surface area contributed by atoms with Crippen molar-refractivity contribution in [3.8, 4) is 0 Å². The molecule has 2 heterocycles. The summed E-state index contributed by atoms with van der Waals surface area (Å²) in [6.45, 7) is 4.66. The molecule has 118 valence electrons. The summed E-state index contributed by atoms with van der Waals surface area (Å²) in [5.74, 6) is 0.675. The molecule has 0 saturated carbocycles. The van der Waals surface area contributed by atoms with Crippen molar-refractivity contribution >= 4 is 17.8 Å². The zero-order valence-electron chi connectivity index (χ0n) is 12.6. The summed E-state index contributed by atoms with van der Waals surface area (Å²) in [5.41, 5.74) is 0.980. The predicted octanol–water partition coefficient (Wildman–Crippen LogP) is 1.92. The molecule has 1 aromatic rings. The van der Waals surface area contributed by atoms with Crippen LogP contribution in [0, 0.1) is 5.92 Å². The molecule has 0 atom stereocenters. The first kappa shape index (κ1) is 14.8. The molecule has 1 saturated heterocycles. The van der Waals surface area contributed by atoms with Gasteiger partial charge in [-0.1, -0.05) is 6.58 Å². The Kier molecular flexibility index (Phi) is 4.27. The van der Waals surface area contributed by atoms with E-state index in [-0.39, 0.29) is 17.7 Å². The second-order valence-electron chi connectivity index (χ2n) is 5.89. The smallest absolute Gasteiger partial charge is 0.301 e. The molecule has 1 aromatic heterocycles. The number of fused-ring (bicyclic) bond motifs is 1. The van der Waals surface area contributed by atoms with Crippen molar-refractivity contribution in [2.24, 2.45) is 5.92 Å². The lowest BCUT2D eigenvalue weighted by atomic mass is 9.96. The van der Waals surface area contributed by atoms with E-state index in [9.17, 15) is 9.59 Å². The molecule has 0 spiro atoms. The van der Waals surface area contributed by atoms with Crippen LogP contribution in [0.15, 0.2) is 17.1 Å². The molecule has 1 aliphatic heterocycles. The number of carbonyl (C=O) groups is 2. The van der Waals surface area contributed by atoms with E-state index in [0.717, 1.165) is 37.1 Å². The highest BCUT2D eigenvalue weighted by atomic mass is 16.4. The quantitative estimate of drug-likeness (QED) is 0.866. The van der Waals surface area contributed by atoms with Crippen molar-refractivity contribution < 1.29 is 14.0 Å². The van der Waals surface area contributed by atoms with Crippen LogP contribution in [-0.2, 0) is 22.4 Å². The highest BCUT2D eigenvalue weighted by Gasteiger charge is 2.27. The molecule has 0 bridgehead atoms.